The van der Waals surface area contributed by atoms with Gasteiger partial charge in [0.2, 0.25) is 11.5 Å². The molecule has 0 aliphatic carbocycles. The topological polar surface area (TPSA) is 102 Å². The van der Waals surface area contributed by atoms with E-state index in [1.54, 1.807) is 0 Å². The Morgan fingerprint density at radius 1 is 1.07 bits per heavy atom. The van der Waals surface area contributed by atoms with Gasteiger partial charge in [0.25, 0.3) is 5.91 Å². The summed E-state index contributed by atoms with van der Waals surface area (Å²) in [6.45, 7) is -0.945. The van der Waals surface area contributed by atoms with Crippen LogP contribution in [0.25, 0.3) is 0 Å². The summed E-state index contributed by atoms with van der Waals surface area (Å²) in [6, 6.07) is 6.42. The van der Waals surface area contributed by atoms with Crippen LogP contribution in [0.15, 0.2) is 48.5 Å². The van der Waals surface area contributed by atoms with Crippen LogP contribution in [0, 0.1) is 11.6 Å². The molecule has 8 nitrogen and oxygen atoms in total. The van der Waals surface area contributed by atoms with Crippen molar-refractivity contribution in [1.29, 1.82) is 0 Å². The second kappa shape index (κ2) is 9.66. The molecule has 0 unspecified atom stereocenters. The number of nitrogens with zero attached hydrogens (tertiary/aromatic N) is 2. The predicted molar refractivity (Wildman–Crippen MR) is 141 cm³/mol. The molecule has 0 aromatic heterocycles. The smallest absolute Gasteiger partial charge is 0.375 e. The van der Waals surface area contributed by atoms with Gasteiger partial charge in [-0.2, -0.15) is 13.2 Å². The fourth-order valence-corrected chi connectivity index (χ4v) is 5.87. The third kappa shape index (κ3) is 4.34. The van der Waals surface area contributed by atoms with Crippen molar-refractivity contribution in [1.82, 2.24) is 5.32 Å². The number of carbonyl (C=O) groups excluding carboxylic acids is 3. The summed E-state index contributed by atoms with van der Waals surface area (Å²) in [7, 11) is 0. The summed E-state index contributed by atoms with van der Waals surface area (Å²) in [5.74, 6) is -2.55. The van der Waals surface area contributed by atoms with Crippen molar-refractivity contribution in [2.45, 2.75) is 30.7 Å². The number of halogens is 6. The minimum absolute atomic E-state index is 0.0310. The number of rotatable bonds is 3. The van der Waals surface area contributed by atoms with Gasteiger partial charge in [0.1, 0.15) is 11.6 Å². The molecule has 0 spiro atoms. The number of nitrogens with one attached hydrogen (secondary N) is 2. The SMILES string of the molecule is O=C1N[C@@H](c2cc(F)ccc2Cl)c2c(NC(=O)N3C[C@](O)(C(F)(F)F)c4cc(F)ccc43)cc(N3CCCC3=O)cc21. The van der Waals surface area contributed by atoms with Crippen LogP contribution in [0.4, 0.5) is 43.8 Å². The van der Waals surface area contributed by atoms with Gasteiger partial charge in [-0.25, -0.2) is 13.6 Å². The highest BCUT2D eigenvalue weighted by atomic mass is 35.5. The third-order valence-corrected chi connectivity index (χ3v) is 8.01. The van der Waals surface area contributed by atoms with Crippen LogP contribution >= 0.6 is 11.6 Å². The molecule has 3 aliphatic rings. The molecule has 2 atom stereocenters. The van der Waals surface area contributed by atoms with E-state index in [9.17, 15) is 41.4 Å². The van der Waals surface area contributed by atoms with Crippen LogP contribution in [0.3, 0.4) is 0 Å². The van der Waals surface area contributed by atoms with Gasteiger partial charge in [0.05, 0.1) is 24.0 Å². The minimum Gasteiger partial charge on any atom is -0.375 e. The van der Waals surface area contributed by atoms with Crippen molar-refractivity contribution in [2.24, 2.45) is 0 Å². The lowest BCUT2D eigenvalue weighted by atomic mass is 9.95. The molecular weight excluding hydrogens is 587 g/mol. The molecule has 0 radical (unpaired) electrons. The van der Waals surface area contributed by atoms with E-state index in [1.165, 1.54) is 23.1 Å². The fourth-order valence-electron chi connectivity index (χ4n) is 5.65. The molecule has 1 saturated heterocycles. The third-order valence-electron chi connectivity index (χ3n) is 7.67. The Balaban J connectivity index is 1.46. The van der Waals surface area contributed by atoms with Gasteiger partial charge in [-0.05, 0) is 55.0 Å². The van der Waals surface area contributed by atoms with Gasteiger partial charge in [-0.3, -0.25) is 14.5 Å². The van der Waals surface area contributed by atoms with Crippen LogP contribution in [-0.4, -0.2) is 42.2 Å². The highest BCUT2D eigenvalue weighted by Gasteiger charge is 2.61. The van der Waals surface area contributed by atoms with Gasteiger partial charge >= 0.3 is 12.2 Å². The maximum Gasteiger partial charge on any atom is 0.423 e. The largest absolute Gasteiger partial charge is 0.423 e. The molecule has 3 aromatic carbocycles. The number of hydrogen-bond donors (Lipinski definition) is 3. The molecular formula is C28H20ClF5N4O4. The molecule has 3 heterocycles. The van der Waals surface area contributed by atoms with Crippen LogP contribution < -0.4 is 20.4 Å². The number of urea groups is 1. The van der Waals surface area contributed by atoms with Gasteiger partial charge in [-0.15, -0.1) is 0 Å². The summed E-state index contributed by atoms with van der Waals surface area (Å²) >= 11 is 6.32. The van der Waals surface area contributed by atoms with Crippen LogP contribution in [0.5, 0.6) is 0 Å². The number of hydrogen-bond acceptors (Lipinski definition) is 4. The van der Waals surface area contributed by atoms with E-state index in [0.717, 1.165) is 24.3 Å². The molecule has 3 aromatic rings. The first kappa shape index (κ1) is 27.9. The standard InChI is InChI=1S/C28H20ClF5N4O4/c29-19-5-3-13(30)8-16(19)24-23-17(25(40)36-24)10-15(37-7-1-2-22(37)39)11-20(23)35-26(41)38-12-27(42,28(32,33)34)18-9-14(31)4-6-21(18)38/h3-6,8-11,24,42H,1-2,7,12H2,(H,35,41)(H,36,40)/t24-,27+/m0/s1. The average Bonchev–Trinajstić information content (AvgIpc) is 3.59. The molecule has 0 saturated carbocycles. The van der Waals surface area contributed by atoms with Crippen molar-refractivity contribution >= 4 is 46.5 Å². The number of alkyl halides is 3. The average molecular weight is 607 g/mol. The Morgan fingerprint density at radius 3 is 2.48 bits per heavy atom. The maximum atomic E-state index is 14.2. The molecule has 42 heavy (non-hydrogen) atoms. The molecule has 1 fully saturated rings. The number of benzene rings is 3. The zero-order valence-corrected chi connectivity index (χ0v) is 22.1. The minimum atomic E-state index is -5.25. The highest BCUT2D eigenvalue weighted by Crippen LogP contribution is 2.49. The van der Waals surface area contributed by atoms with E-state index in [2.05, 4.69) is 10.6 Å². The summed E-state index contributed by atoms with van der Waals surface area (Å²) in [5, 5.41) is 15.9. The van der Waals surface area contributed by atoms with Crippen molar-refractivity contribution in [3.8, 4) is 0 Å². The number of β-amino-alcohol motifs (C(OH)–C–C–N with tert-alkyl or cyclic N) is 1. The Bertz CT molecular complexity index is 1680. The summed E-state index contributed by atoms with van der Waals surface area (Å²) < 4.78 is 70.0. The van der Waals surface area contributed by atoms with Crippen molar-refractivity contribution in [3.63, 3.8) is 0 Å². The molecule has 14 heteroatoms. The van der Waals surface area contributed by atoms with E-state index in [4.69, 9.17) is 11.6 Å². The van der Waals surface area contributed by atoms with Crippen molar-refractivity contribution in [3.05, 3.63) is 87.4 Å². The number of carbonyl (C=O) groups is 3. The first-order valence-electron chi connectivity index (χ1n) is 12.7. The first-order valence-corrected chi connectivity index (χ1v) is 13.1. The van der Waals surface area contributed by atoms with E-state index in [0.29, 0.717) is 23.9 Å². The molecule has 218 valence electrons. The number of anilines is 3. The zero-order chi connectivity index (χ0) is 30.1. The molecule has 3 aliphatic heterocycles. The lowest BCUT2D eigenvalue weighted by Gasteiger charge is -2.27. The highest BCUT2D eigenvalue weighted by molar-refractivity contribution is 6.31. The van der Waals surface area contributed by atoms with Gasteiger partial charge in [0.15, 0.2) is 0 Å². The van der Waals surface area contributed by atoms with Crippen molar-refractivity contribution in [2.75, 3.05) is 28.2 Å². The second-order valence-corrected chi connectivity index (χ2v) is 10.6. The lowest BCUT2D eigenvalue weighted by molar-refractivity contribution is -0.258. The van der Waals surface area contributed by atoms with Crippen LogP contribution in [0.1, 0.15) is 45.9 Å². The zero-order valence-electron chi connectivity index (χ0n) is 21.4. The lowest BCUT2D eigenvalue weighted by Crippen LogP contribution is -2.48. The van der Waals surface area contributed by atoms with Gasteiger partial charge in [-0.1, -0.05) is 11.6 Å². The molecule has 4 amide bonds. The molecule has 6 rings (SSSR count). The molecule has 0 bridgehead atoms. The Hall–Kier alpha value is -4.23. The number of fused-ring (bicyclic) bond motifs is 2. The van der Waals surface area contributed by atoms with Gasteiger partial charge in [0, 0.05) is 45.9 Å². The maximum absolute atomic E-state index is 14.2. The normalized spacial score (nSPS) is 21.5. The number of amides is 4. The summed E-state index contributed by atoms with van der Waals surface area (Å²) in [5.41, 5.74) is -4.27. The van der Waals surface area contributed by atoms with E-state index in [1.807, 2.05) is 0 Å². The number of aliphatic hydroxyl groups is 1. The van der Waals surface area contributed by atoms with Crippen LogP contribution in [-0.2, 0) is 10.4 Å². The quantitative estimate of drug-likeness (QED) is 0.349. The Labute approximate surface area is 239 Å². The van der Waals surface area contributed by atoms with E-state index < -0.39 is 53.5 Å². The summed E-state index contributed by atoms with van der Waals surface area (Å²) in [4.78, 5) is 41.2. The van der Waals surface area contributed by atoms with E-state index >= 15 is 0 Å². The predicted octanol–water partition coefficient (Wildman–Crippen LogP) is 5.38. The molecule has 3 N–H and O–H groups in total. The summed E-state index contributed by atoms with van der Waals surface area (Å²) in [6.07, 6.45) is -4.45. The van der Waals surface area contributed by atoms with E-state index in [-0.39, 0.29) is 51.1 Å². The Morgan fingerprint density at radius 2 is 1.79 bits per heavy atom. The van der Waals surface area contributed by atoms with Crippen LogP contribution in [0.2, 0.25) is 5.02 Å². The van der Waals surface area contributed by atoms with Crippen molar-refractivity contribution < 1.29 is 41.4 Å². The monoisotopic (exact) mass is 606 g/mol. The fraction of sp³-hybridized carbons (Fsp3) is 0.250. The second-order valence-electron chi connectivity index (χ2n) is 10.2. The first-order chi connectivity index (χ1) is 19.8. The van der Waals surface area contributed by atoms with Gasteiger partial charge < -0.3 is 20.6 Å². The Kier molecular flexibility index (Phi) is 6.42.